The third-order valence-electron chi connectivity index (χ3n) is 4.19. The summed E-state index contributed by atoms with van der Waals surface area (Å²) in [5, 5.41) is 6.53. The smallest absolute Gasteiger partial charge is 0.253 e. The van der Waals surface area contributed by atoms with Gasteiger partial charge < -0.3 is 10.6 Å². The predicted octanol–water partition coefficient (Wildman–Crippen LogP) is 3.87. The second-order valence-electron chi connectivity index (χ2n) is 6.13. The van der Waals surface area contributed by atoms with E-state index in [9.17, 15) is 4.79 Å². The molecule has 1 aromatic heterocycles. The summed E-state index contributed by atoms with van der Waals surface area (Å²) in [5.74, 6) is 0.560. The fourth-order valence-electron chi connectivity index (χ4n) is 2.86. The maximum absolute atomic E-state index is 12.4. The monoisotopic (exact) mass is 309 g/mol. The molecule has 1 aliphatic rings. The zero-order valence-electron chi connectivity index (χ0n) is 12.8. The van der Waals surface area contributed by atoms with E-state index in [4.69, 9.17) is 11.6 Å². The molecule has 0 bridgehead atoms. The Bertz CT molecular complexity index is 498. The van der Waals surface area contributed by atoms with Gasteiger partial charge in [-0.1, -0.05) is 37.8 Å². The maximum atomic E-state index is 12.4. The van der Waals surface area contributed by atoms with E-state index >= 15 is 0 Å². The molecule has 4 nitrogen and oxygen atoms in total. The summed E-state index contributed by atoms with van der Waals surface area (Å²) >= 11 is 6.10. The fraction of sp³-hybridized carbons (Fsp3) is 0.625. The maximum Gasteiger partial charge on any atom is 0.253 e. The van der Waals surface area contributed by atoms with Crippen LogP contribution in [0.2, 0.25) is 5.02 Å². The van der Waals surface area contributed by atoms with Gasteiger partial charge in [0.05, 0.1) is 10.6 Å². The Labute approximate surface area is 131 Å². The first kappa shape index (κ1) is 16.1. The topological polar surface area (TPSA) is 54.0 Å². The van der Waals surface area contributed by atoms with Gasteiger partial charge >= 0.3 is 0 Å². The average molecular weight is 310 g/mol. The minimum Gasteiger partial charge on any atom is -0.370 e. The van der Waals surface area contributed by atoms with Gasteiger partial charge in [0.25, 0.3) is 5.91 Å². The highest BCUT2D eigenvalue weighted by atomic mass is 35.5. The molecule has 1 saturated carbocycles. The van der Waals surface area contributed by atoms with Crippen molar-refractivity contribution in [2.45, 2.75) is 46.0 Å². The van der Waals surface area contributed by atoms with Crippen LogP contribution in [0.25, 0.3) is 0 Å². The predicted molar refractivity (Wildman–Crippen MR) is 86.9 cm³/mol. The number of carbonyl (C=O) groups excluding carboxylic acids is 1. The van der Waals surface area contributed by atoms with Crippen molar-refractivity contribution in [3.05, 3.63) is 22.8 Å². The van der Waals surface area contributed by atoms with Crippen LogP contribution in [0.4, 0.5) is 5.82 Å². The van der Waals surface area contributed by atoms with Crippen molar-refractivity contribution in [3.8, 4) is 0 Å². The lowest BCUT2D eigenvalue weighted by molar-refractivity contribution is 0.0919. The standard InChI is InChI=1S/C16H24ClN3O/c1-3-18-14-9-12(13(17)10-19-14)15(21)20-11-16(2)7-5-4-6-8-16/h9-10H,3-8,11H2,1-2H3,(H,18,19)(H,20,21). The van der Waals surface area contributed by atoms with Crippen molar-refractivity contribution in [1.29, 1.82) is 0 Å². The molecule has 0 aliphatic heterocycles. The van der Waals surface area contributed by atoms with Crippen molar-refractivity contribution in [2.24, 2.45) is 5.41 Å². The molecule has 1 aromatic rings. The van der Waals surface area contributed by atoms with E-state index in [0.29, 0.717) is 22.9 Å². The molecule has 0 aromatic carbocycles. The van der Waals surface area contributed by atoms with Crippen LogP contribution in [-0.2, 0) is 0 Å². The number of nitrogens with one attached hydrogen (secondary N) is 2. The molecule has 0 unspecified atom stereocenters. The van der Waals surface area contributed by atoms with Crippen molar-refractivity contribution in [2.75, 3.05) is 18.4 Å². The average Bonchev–Trinajstić information content (AvgIpc) is 2.48. The minimum absolute atomic E-state index is 0.117. The molecule has 0 saturated heterocycles. The Morgan fingerprint density at radius 2 is 2.10 bits per heavy atom. The van der Waals surface area contributed by atoms with E-state index in [0.717, 1.165) is 6.54 Å². The highest BCUT2D eigenvalue weighted by molar-refractivity contribution is 6.33. The number of nitrogens with zero attached hydrogens (tertiary/aromatic N) is 1. The number of hydrogen-bond acceptors (Lipinski definition) is 3. The van der Waals surface area contributed by atoms with Crippen LogP contribution < -0.4 is 10.6 Å². The lowest BCUT2D eigenvalue weighted by atomic mass is 9.76. The third kappa shape index (κ3) is 4.34. The largest absolute Gasteiger partial charge is 0.370 e. The molecule has 5 heteroatoms. The second kappa shape index (κ2) is 7.12. The number of halogens is 1. The Morgan fingerprint density at radius 1 is 1.38 bits per heavy atom. The van der Waals surface area contributed by atoms with Crippen LogP contribution in [-0.4, -0.2) is 24.0 Å². The zero-order valence-corrected chi connectivity index (χ0v) is 13.6. The van der Waals surface area contributed by atoms with Gasteiger partial charge in [0.15, 0.2) is 0 Å². The summed E-state index contributed by atoms with van der Waals surface area (Å²) in [7, 11) is 0. The van der Waals surface area contributed by atoms with Crippen LogP contribution in [0, 0.1) is 5.41 Å². The molecule has 2 rings (SSSR count). The van der Waals surface area contributed by atoms with E-state index in [1.54, 1.807) is 6.07 Å². The van der Waals surface area contributed by atoms with E-state index in [-0.39, 0.29) is 11.3 Å². The molecule has 2 N–H and O–H groups in total. The van der Waals surface area contributed by atoms with Crippen molar-refractivity contribution in [1.82, 2.24) is 10.3 Å². The Morgan fingerprint density at radius 3 is 2.76 bits per heavy atom. The molecule has 116 valence electrons. The molecule has 21 heavy (non-hydrogen) atoms. The number of carbonyl (C=O) groups is 1. The van der Waals surface area contributed by atoms with Gasteiger partial charge in [0.2, 0.25) is 0 Å². The Kier molecular flexibility index (Phi) is 5.45. The van der Waals surface area contributed by atoms with Crippen molar-refractivity contribution in [3.63, 3.8) is 0 Å². The molecule has 1 heterocycles. The molecule has 1 amide bonds. The highest BCUT2D eigenvalue weighted by Gasteiger charge is 2.27. The summed E-state index contributed by atoms with van der Waals surface area (Å²) in [6, 6.07) is 1.71. The number of pyridine rings is 1. The van der Waals surface area contributed by atoms with Gasteiger partial charge in [-0.25, -0.2) is 4.98 Å². The van der Waals surface area contributed by atoms with Crippen LogP contribution in [0.5, 0.6) is 0 Å². The van der Waals surface area contributed by atoms with E-state index < -0.39 is 0 Å². The SMILES string of the molecule is CCNc1cc(C(=O)NCC2(C)CCCCC2)c(Cl)cn1. The van der Waals surface area contributed by atoms with Crippen LogP contribution in [0.15, 0.2) is 12.3 Å². The molecule has 1 aliphatic carbocycles. The number of amides is 1. The van der Waals surface area contributed by atoms with E-state index in [2.05, 4.69) is 22.5 Å². The number of aromatic nitrogens is 1. The Balaban J connectivity index is 2.01. The van der Waals surface area contributed by atoms with Gasteiger partial charge in [-0.05, 0) is 31.2 Å². The Hall–Kier alpha value is -1.29. The van der Waals surface area contributed by atoms with Crippen molar-refractivity contribution < 1.29 is 4.79 Å². The first-order chi connectivity index (χ1) is 10.0. The number of hydrogen-bond donors (Lipinski definition) is 2. The first-order valence-electron chi connectivity index (χ1n) is 7.72. The van der Waals surface area contributed by atoms with Crippen LogP contribution >= 0.6 is 11.6 Å². The van der Waals surface area contributed by atoms with E-state index in [1.165, 1.54) is 38.3 Å². The minimum atomic E-state index is -0.117. The van der Waals surface area contributed by atoms with Gasteiger partial charge in [0.1, 0.15) is 5.82 Å². The van der Waals surface area contributed by atoms with Crippen molar-refractivity contribution >= 4 is 23.3 Å². The normalized spacial score (nSPS) is 17.3. The number of anilines is 1. The second-order valence-corrected chi connectivity index (χ2v) is 6.54. The third-order valence-corrected chi connectivity index (χ3v) is 4.50. The zero-order chi connectivity index (χ0) is 15.3. The summed E-state index contributed by atoms with van der Waals surface area (Å²) in [6.07, 6.45) is 7.71. The van der Waals surface area contributed by atoms with Crippen LogP contribution in [0.1, 0.15) is 56.3 Å². The first-order valence-corrected chi connectivity index (χ1v) is 8.09. The van der Waals surface area contributed by atoms with E-state index in [1.807, 2.05) is 6.92 Å². The summed E-state index contributed by atoms with van der Waals surface area (Å²) < 4.78 is 0. The number of rotatable bonds is 5. The highest BCUT2D eigenvalue weighted by Crippen LogP contribution is 2.35. The molecule has 0 atom stereocenters. The summed E-state index contributed by atoms with van der Waals surface area (Å²) in [6.45, 7) is 5.71. The molecular formula is C16H24ClN3O. The van der Waals surface area contributed by atoms with Gasteiger partial charge in [-0.2, -0.15) is 0 Å². The summed E-state index contributed by atoms with van der Waals surface area (Å²) in [4.78, 5) is 16.5. The quantitative estimate of drug-likeness (QED) is 0.868. The summed E-state index contributed by atoms with van der Waals surface area (Å²) in [5.41, 5.74) is 0.708. The molecule has 0 spiro atoms. The lowest BCUT2D eigenvalue weighted by Gasteiger charge is -2.33. The van der Waals surface area contributed by atoms with Gasteiger partial charge in [-0.3, -0.25) is 4.79 Å². The molecular weight excluding hydrogens is 286 g/mol. The molecule has 1 fully saturated rings. The van der Waals surface area contributed by atoms with Gasteiger partial charge in [0, 0.05) is 19.3 Å². The fourth-order valence-corrected chi connectivity index (χ4v) is 3.05. The molecule has 0 radical (unpaired) electrons. The van der Waals surface area contributed by atoms with Crippen LogP contribution in [0.3, 0.4) is 0 Å². The lowest BCUT2D eigenvalue weighted by Crippen LogP contribution is -2.37. The van der Waals surface area contributed by atoms with Gasteiger partial charge in [-0.15, -0.1) is 0 Å².